The number of benzene rings is 1. The van der Waals surface area contributed by atoms with Crippen LogP contribution in [0.2, 0.25) is 0 Å². The molecule has 1 aromatic carbocycles. The van der Waals surface area contributed by atoms with Crippen molar-refractivity contribution in [1.29, 1.82) is 0 Å². The van der Waals surface area contributed by atoms with Crippen LogP contribution in [-0.4, -0.2) is 12.5 Å². The maximum Gasteiger partial charge on any atom is 0.130 e. The molecule has 1 nitrogen and oxygen atoms in total. The third kappa shape index (κ3) is 2.25. The van der Waals surface area contributed by atoms with Gasteiger partial charge in [-0.1, -0.05) is 6.07 Å². The Morgan fingerprint density at radius 3 is 2.73 bits per heavy atom. The Hall–Kier alpha value is -0.760. The predicted octanol–water partition coefficient (Wildman–Crippen LogP) is 3.71. The van der Waals surface area contributed by atoms with E-state index in [1.54, 1.807) is 13.2 Å². The molecule has 0 aliphatic heterocycles. The molecule has 1 aliphatic rings. The van der Waals surface area contributed by atoms with Gasteiger partial charge in [-0.2, -0.15) is 0 Å². The highest BCUT2D eigenvalue weighted by Gasteiger charge is 2.26. The van der Waals surface area contributed by atoms with Crippen LogP contribution in [0.5, 0.6) is 5.75 Å². The highest BCUT2D eigenvalue weighted by molar-refractivity contribution is 6.20. The molecular formula is C12H14ClFO. The minimum Gasteiger partial charge on any atom is -0.497 e. The summed E-state index contributed by atoms with van der Waals surface area (Å²) in [5.41, 5.74) is 0.777. The average Bonchev–Trinajstić information content (AvgIpc) is 2.64. The van der Waals surface area contributed by atoms with Crippen molar-refractivity contribution in [3.63, 3.8) is 0 Å². The van der Waals surface area contributed by atoms with Gasteiger partial charge >= 0.3 is 0 Å². The number of hydrogen-bond donors (Lipinski definition) is 0. The number of methoxy groups -OCH3 is 1. The fraction of sp³-hybridized carbons (Fsp3) is 0.500. The highest BCUT2D eigenvalue weighted by atomic mass is 35.5. The van der Waals surface area contributed by atoms with Crippen molar-refractivity contribution in [1.82, 2.24) is 0 Å². The van der Waals surface area contributed by atoms with Crippen molar-refractivity contribution in [3.8, 4) is 5.75 Å². The van der Waals surface area contributed by atoms with Crippen molar-refractivity contribution >= 4 is 11.6 Å². The van der Waals surface area contributed by atoms with Crippen LogP contribution in [0.4, 0.5) is 4.39 Å². The number of ether oxygens (including phenoxy) is 1. The second-order valence-corrected chi connectivity index (χ2v) is 4.61. The van der Waals surface area contributed by atoms with E-state index in [0.717, 1.165) is 24.8 Å². The molecule has 1 aromatic rings. The third-order valence-corrected chi connectivity index (χ3v) is 3.41. The van der Waals surface area contributed by atoms with E-state index in [1.807, 2.05) is 6.07 Å². The van der Waals surface area contributed by atoms with E-state index in [4.69, 9.17) is 16.3 Å². The van der Waals surface area contributed by atoms with Gasteiger partial charge in [-0.05, 0) is 36.8 Å². The molecule has 1 aliphatic carbocycles. The van der Waals surface area contributed by atoms with Gasteiger partial charge in [0.15, 0.2) is 0 Å². The highest BCUT2D eigenvalue weighted by Crippen LogP contribution is 2.38. The van der Waals surface area contributed by atoms with E-state index >= 15 is 0 Å². The number of halogens is 2. The number of alkyl halides is 1. The quantitative estimate of drug-likeness (QED) is 0.702. The summed E-state index contributed by atoms with van der Waals surface area (Å²) >= 11 is 6.02. The summed E-state index contributed by atoms with van der Waals surface area (Å²) in [6.45, 7) is 0. The van der Waals surface area contributed by atoms with Gasteiger partial charge in [0, 0.05) is 11.4 Å². The first kappa shape index (κ1) is 10.7. The zero-order valence-electron chi connectivity index (χ0n) is 8.67. The standard InChI is InChI=1S/C12H14ClFO/c1-15-10-4-5-11(12(14)7-10)8-2-3-9(13)6-8/h4-5,7-9H,2-3,6H2,1H3. The van der Waals surface area contributed by atoms with Gasteiger partial charge in [-0.25, -0.2) is 4.39 Å². The topological polar surface area (TPSA) is 9.23 Å². The first-order chi connectivity index (χ1) is 7.20. The van der Waals surface area contributed by atoms with Crippen molar-refractivity contribution in [2.75, 3.05) is 7.11 Å². The molecule has 0 aromatic heterocycles. The van der Waals surface area contributed by atoms with Crippen LogP contribution < -0.4 is 4.74 Å². The fourth-order valence-corrected chi connectivity index (χ4v) is 2.52. The van der Waals surface area contributed by atoms with E-state index in [1.165, 1.54) is 6.07 Å². The molecule has 1 fully saturated rings. The van der Waals surface area contributed by atoms with Crippen molar-refractivity contribution in [2.24, 2.45) is 0 Å². The zero-order chi connectivity index (χ0) is 10.8. The summed E-state index contributed by atoms with van der Waals surface area (Å²) in [6, 6.07) is 5.06. The van der Waals surface area contributed by atoms with E-state index in [9.17, 15) is 4.39 Å². The molecule has 0 heterocycles. The Labute approximate surface area is 94.2 Å². The van der Waals surface area contributed by atoms with Crippen LogP contribution in [0.15, 0.2) is 18.2 Å². The molecule has 0 N–H and O–H groups in total. The lowest BCUT2D eigenvalue weighted by atomic mass is 9.97. The molecule has 15 heavy (non-hydrogen) atoms. The second kappa shape index (κ2) is 4.40. The molecule has 2 unspecified atom stereocenters. The molecule has 2 rings (SSSR count). The Morgan fingerprint density at radius 1 is 1.40 bits per heavy atom. The molecule has 82 valence electrons. The number of rotatable bonds is 2. The van der Waals surface area contributed by atoms with Crippen molar-refractivity contribution < 1.29 is 9.13 Å². The van der Waals surface area contributed by atoms with Crippen LogP contribution in [0.1, 0.15) is 30.7 Å². The SMILES string of the molecule is COc1ccc(C2CCC(Cl)C2)c(F)c1. The Kier molecular flexibility index (Phi) is 3.15. The molecule has 0 spiro atoms. The second-order valence-electron chi connectivity index (χ2n) is 3.99. The first-order valence-corrected chi connectivity index (χ1v) is 5.62. The van der Waals surface area contributed by atoms with Gasteiger partial charge in [-0.15, -0.1) is 11.6 Å². The molecular weight excluding hydrogens is 215 g/mol. The smallest absolute Gasteiger partial charge is 0.130 e. The van der Waals surface area contributed by atoms with E-state index in [0.29, 0.717) is 5.75 Å². The van der Waals surface area contributed by atoms with Gasteiger partial charge < -0.3 is 4.74 Å². The minimum absolute atomic E-state index is 0.176. The van der Waals surface area contributed by atoms with Crippen LogP contribution in [0, 0.1) is 5.82 Å². The van der Waals surface area contributed by atoms with Crippen LogP contribution in [0.3, 0.4) is 0 Å². The van der Waals surface area contributed by atoms with E-state index in [-0.39, 0.29) is 17.1 Å². The van der Waals surface area contributed by atoms with Crippen LogP contribution in [0.25, 0.3) is 0 Å². The first-order valence-electron chi connectivity index (χ1n) is 5.18. The van der Waals surface area contributed by atoms with Gasteiger partial charge in [0.05, 0.1) is 7.11 Å². The van der Waals surface area contributed by atoms with Crippen LogP contribution >= 0.6 is 11.6 Å². The lowest BCUT2D eigenvalue weighted by Gasteiger charge is -2.11. The maximum absolute atomic E-state index is 13.7. The molecule has 0 saturated heterocycles. The number of hydrogen-bond acceptors (Lipinski definition) is 1. The maximum atomic E-state index is 13.7. The molecule has 0 amide bonds. The molecule has 0 bridgehead atoms. The zero-order valence-corrected chi connectivity index (χ0v) is 9.43. The van der Waals surface area contributed by atoms with Crippen molar-refractivity contribution in [2.45, 2.75) is 30.6 Å². The van der Waals surface area contributed by atoms with E-state index < -0.39 is 0 Å². The van der Waals surface area contributed by atoms with Gasteiger partial charge in [0.2, 0.25) is 0 Å². The monoisotopic (exact) mass is 228 g/mol. The summed E-state index contributed by atoms with van der Waals surface area (Å²) in [5, 5.41) is 0.205. The minimum atomic E-state index is -0.176. The van der Waals surface area contributed by atoms with Crippen LogP contribution in [-0.2, 0) is 0 Å². The molecule has 0 radical (unpaired) electrons. The van der Waals surface area contributed by atoms with Gasteiger partial charge in [0.25, 0.3) is 0 Å². The summed E-state index contributed by atoms with van der Waals surface area (Å²) in [4.78, 5) is 0. The molecule has 2 atom stereocenters. The largest absolute Gasteiger partial charge is 0.497 e. The lowest BCUT2D eigenvalue weighted by Crippen LogP contribution is -1.98. The van der Waals surface area contributed by atoms with Crippen molar-refractivity contribution in [3.05, 3.63) is 29.6 Å². The lowest BCUT2D eigenvalue weighted by molar-refractivity contribution is 0.410. The summed E-state index contributed by atoms with van der Waals surface area (Å²) < 4.78 is 18.7. The van der Waals surface area contributed by atoms with Gasteiger partial charge in [-0.3, -0.25) is 0 Å². The Morgan fingerprint density at radius 2 is 2.20 bits per heavy atom. The van der Waals surface area contributed by atoms with Gasteiger partial charge in [0.1, 0.15) is 11.6 Å². The normalized spacial score (nSPS) is 25.5. The average molecular weight is 229 g/mol. The van der Waals surface area contributed by atoms with E-state index in [2.05, 4.69) is 0 Å². The summed E-state index contributed by atoms with van der Waals surface area (Å²) in [6.07, 6.45) is 2.85. The Balaban J connectivity index is 2.21. The fourth-order valence-electron chi connectivity index (χ4n) is 2.17. The third-order valence-electron chi connectivity index (χ3n) is 3.02. The molecule has 3 heteroatoms. The summed E-state index contributed by atoms with van der Waals surface area (Å²) in [7, 11) is 1.54. The molecule has 1 saturated carbocycles. The summed E-state index contributed by atoms with van der Waals surface area (Å²) in [5.74, 6) is 0.667. The Bertz CT molecular complexity index is 353. The predicted molar refractivity (Wildman–Crippen MR) is 59.2 cm³/mol.